The van der Waals surface area contributed by atoms with E-state index in [1.54, 1.807) is 22.3 Å². The van der Waals surface area contributed by atoms with Crippen LogP contribution in [-0.2, 0) is 5.41 Å². The first kappa shape index (κ1) is 53.5. The molecule has 0 amide bonds. The molecule has 0 bridgehead atoms. The molecule has 0 radical (unpaired) electrons. The van der Waals surface area contributed by atoms with Gasteiger partial charge in [0.1, 0.15) is 8.24 Å². The minimum Gasteiger partial charge on any atom is -0.314 e. The summed E-state index contributed by atoms with van der Waals surface area (Å²) in [5, 5.41) is 0. The summed E-state index contributed by atoms with van der Waals surface area (Å²) in [6.45, 7) is 30.4. The average Bonchev–Trinajstić information content (AvgIpc) is 3.62. The summed E-state index contributed by atoms with van der Waals surface area (Å²) < 4.78 is 3.03. The van der Waals surface area contributed by atoms with Crippen LogP contribution in [0, 0.1) is 23.7 Å². The van der Waals surface area contributed by atoms with Gasteiger partial charge in [-0.3, -0.25) is 0 Å². The Bertz CT molecular complexity index is 1400. The van der Waals surface area contributed by atoms with Crippen LogP contribution < -0.4 is 0 Å². The van der Waals surface area contributed by atoms with Crippen LogP contribution in [0.4, 0.5) is 0 Å². The number of unbranched alkanes of at least 4 members (excludes halogenated alkanes) is 26. The smallest absolute Gasteiger partial charge is 0.127 e. The molecule has 356 valence electrons. The zero-order valence-electron chi connectivity index (χ0n) is 44.0. The van der Waals surface area contributed by atoms with Crippen molar-refractivity contribution in [3.63, 3.8) is 0 Å². The van der Waals surface area contributed by atoms with Gasteiger partial charge >= 0.3 is 0 Å². The number of rotatable bonds is 32. The second-order valence-corrected chi connectivity index (χ2v) is 28.6. The minimum absolute atomic E-state index is 0.147. The predicted molar refractivity (Wildman–Crippen MR) is 282 cm³/mol. The highest BCUT2D eigenvalue weighted by Gasteiger charge is 2.59. The van der Waals surface area contributed by atoms with Gasteiger partial charge in [-0.05, 0) is 106 Å². The summed E-state index contributed by atoms with van der Waals surface area (Å²) in [5.41, 5.74) is 7.95. The second kappa shape index (κ2) is 26.3. The van der Waals surface area contributed by atoms with Crippen LogP contribution >= 0.6 is 0 Å². The van der Waals surface area contributed by atoms with Crippen molar-refractivity contribution in [3.05, 3.63) is 53.1 Å². The Balaban J connectivity index is 1.45. The molecule has 3 aliphatic carbocycles. The van der Waals surface area contributed by atoms with E-state index in [2.05, 4.69) is 123 Å². The topological polar surface area (TPSA) is 3.24 Å². The van der Waals surface area contributed by atoms with Gasteiger partial charge in [0, 0.05) is 16.5 Å². The Kier molecular flexibility index (Phi) is 22.7. The fourth-order valence-electron chi connectivity index (χ4n) is 14.5. The summed E-state index contributed by atoms with van der Waals surface area (Å²) >= 11 is 0. The van der Waals surface area contributed by atoms with Crippen LogP contribution in [-0.4, -0.2) is 23.9 Å². The van der Waals surface area contributed by atoms with Gasteiger partial charge in [0.2, 0.25) is 0 Å². The number of hydrogen-bond acceptors (Lipinski definition) is 1. The maximum absolute atomic E-state index is 3.03. The highest BCUT2D eigenvalue weighted by Crippen LogP contribution is 2.64. The van der Waals surface area contributed by atoms with E-state index in [-0.39, 0.29) is 16.5 Å². The number of allylic oxidation sites excluding steroid dienone is 4. The second-order valence-electron chi connectivity index (χ2n) is 24.2. The molecule has 0 spiro atoms. The van der Waals surface area contributed by atoms with Crippen molar-refractivity contribution in [2.45, 2.75) is 297 Å². The first-order valence-electron chi connectivity index (χ1n) is 28.0. The molecular formula is C60H107NSi. The summed E-state index contributed by atoms with van der Waals surface area (Å²) in [6.07, 6.45) is 48.7. The third kappa shape index (κ3) is 14.7. The largest absolute Gasteiger partial charge is 0.314 e. The van der Waals surface area contributed by atoms with Crippen LogP contribution in [0.2, 0.25) is 18.6 Å². The molecule has 4 rings (SSSR count). The Labute approximate surface area is 390 Å². The van der Waals surface area contributed by atoms with E-state index in [0.29, 0.717) is 17.8 Å². The molecule has 3 aliphatic rings. The van der Waals surface area contributed by atoms with Crippen LogP contribution in [0.3, 0.4) is 0 Å². The van der Waals surface area contributed by atoms with E-state index >= 15 is 0 Å². The SMILES string of the molecule is CCCCCCCCCCCCCCCCC1(CCCCCCCCCCCCCCCC)C2=CC3C(C)C(C)C([Si](C)(C)N(C(C)(C)C)C(C)(C)C)C3C=C2c2ccccc21. The Morgan fingerprint density at radius 1 is 0.484 bits per heavy atom. The maximum Gasteiger partial charge on any atom is 0.127 e. The molecule has 0 aliphatic heterocycles. The molecule has 0 aromatic heterocycles. The first-order valence-corrected chi connectivity index (χ1v) is 31.0. The maximum atomic E-state index is 3.03. The number of nitrogens with zero attached hydrogens (tertiary/aromatic N) is 1. The number of benzene rings is 1. The van der Waals surface area contributed by atoms with Crippen molar-refractivity contribution in [3.8, 4) is 0 Å². The Hall–Kier alpha value is -1.12. The van der Waals surface area contributed by atoms with E-state index in [1.165, 1.54) is 193 Å². The normalized spacial score (nSPS) is 22.2. The molecule has 1 nitrogen and oxygen atoms in total. The third-order valence-corrected chi connectivity index (χ3v) is 21.8. The van der Waals surface area contributed by atoms with Crippen LogP contribution in [0.5, 0.6) is 0 Å². The molecule has 0 saturated heterocycles. The molecule has 0 heterocycles. The molecule has 0 N–H and O–H groups in total. The fourth-order valence-corrected chi connectivity index (χ4v) is 21.1. The van der Waals surface area contributed by atoms with Gasteiger partial charge in [-0.1, -0.05) is 257 Å². The van der Waals surface area contributed by atoms with E-state index in [0.717, 1.165) is 11.5 Å². The molecular weight excluding hydrogens is 763 g/mol. The quantitative estimate of drug-likeness (QED) is 0.0515. The van der Waals surface area contributed by atoms with E-state index in [1.807, 2.05) is 0 Å². The third-order valence-electron chi connectivity index (χ3n) is 16.8. The van der Waals surface area contributed by atoms with E-state index < -0.39 is 8.24 Å². The molecule has 1 saturated carbocycles. The van der Waals surface area contributed by atoms with Crippen molar-refractivity contribution < 1.29 is 0 Å². The van der Waals surface area contributed by atoms with Gasteiger partial charge in [-0.15, -0.1) is 0 Å². The highest BCUT2D eigenvalue weighted by molar-refractivity contribution is 6.76. The van der Waals surface area contributed by atoms with Crippen LogP contribution in [0.1, 0.15) is 273 Å². The van der Waals surface area contributed by atoms with Gasteiger partial charge in [0.25, 0.3) is 0 Å². The fraction of sp³-hybridized carbons (Fsp3) is 0.833. The van der Waals surface area contributed by atoms with Crippen LogP contribution in [0.25, 0.3) is 5.57 Å². The molecule has 62 heavy (non-hydrogen) atoms. The zero-order chi connectivity index (χ0) is 45.2. The molecule has 1 aromatic carbocycles. The lowest BCUT2D eigenvalue weighted by Crippen LogP contribution is -2.67. The van der Waals surface area contributed by atoms with Gasteiger partial charge in [-0.25, -0.2) is 0 Å². The van der Waals surface area contributed by atoms with E-state index in [9.17, 15) is 0 Å². The average molecular weight is 871 g/mol. The van der Waals surface area contributed by atoms with Crippen molar-refractivity contribution >= 4 is 13.8 Å². The standard InChI is InChI=1S/C60H107NSi/c1-13-15-17-19-21-23-25-27-29-31-33-35-37-41-45-60(46-42-38-36-34-32-30-28-26-24-22-20-18-16-14-2)55-44-40-39-43-51(55)53-47-54-52(48-56(53)60)49(3)50(4)57(54)62(11,12)61(58(5,6)7)59(8,9)10/h39-40,43-44,47-50,52,54,57H,13-38,41-42,45-46H2,1-12H3. The molecule has 1 aromatic rings. The molecule has 5 unspecified atom stereocenters. The van der Waals surface area contributed by atoms with Crippen molar-refractivity contribution in [1.29, 1.82) is 0 Å². The van der Waals surface area contributed by atoms with Gasteiger partial charge in [-0.2, -0.15) is 0 Å². The number of hydrogen-bond donors (Lipinski definition) is 0. The Morgan fingerprint density at radius 3 is 1.24 bits per heavy atom. The van der Waals surface area contributed by atoms with Crippen molar-refractivity contribution in [2.75, 3.05) is 0 Å². The highest BCUT2D eigenvalue weighted by atomic mass is 28.3. The van der Waals surface area contributed by atoms with Gasteiger partial charge in [0.15, 0.2) is 0 Å². The number of fused-ring (bicyclic) bond motifs is 4. The van der Waals surface area contributed by atoms with Gasteiger partial charge in [0.05, 0.1) is 0 Å². The monoisotopic (exact) mass is 870 g/mol. The zero-order valence-corrected chi connectivity index (χ0v) is 45.0. The minimum atomic E-state index is -1.90. The van der Waals surface area contributed by atoms with Crippen molar-refractivity contribution in [2.24, 2.45) is 23.7 Å². The lowest BCUT2D eigenvalue weighted by atomic mass is 9.67. The first-order chi connectivity index (χ1) is 29.6. The Morgan fingerprint density at radius 2 is 0.855 bits per heavy atom. The molecule has 5 atom stereocenters. The van der Waals surface area contributed by atoms with Crippen LogP contribution in [0.15, 0.2) is 42.0 Å². The van der Waals surface area contributed by atoms with E-state index in [4.69, 9.17) is 0 Å². The lowest BCUT2D eigenvalue weighted by Gasteiger charge is -2.57. The van der Waals surface area contributed by atoms with Gasteiger partial charge < -0.3 is 4.57 Å². The van der Waals surface area contributed by atoms with Crippen molar-refractivity contribution in [1.82, 2.24) is 4.57 Å². The molecule has 2 heteroatoms. The summed E-state index contributed by atoms with van der Waals surface area (Å²) in [5.74, 6) is 2.74. The molecule has 1 fully saturated rings. The lowest BCUT2D eigenvalue weighted by molar-refractivity contribution is 0.121. The summed E-state index contributed by atoms with van der Waals surface area (Å²) in [7, 11) is -1.90. The predicted octanol–water partition coefficient (Wildman–Crippen LogP) is 20.0. The summed E-state index contributed by atoms with van der Waals surface area (Å²) in [6, 6.07) is 9.86. The summed E-state index contributed by atoms with van der Waals surface area (Å²) in [4.78, 5) is 0.